The normalized spacial score (nSPS) is 11.8. The summed E-state index contributed by atoms with van der Waals surface area (Å²) in [6.07, 6.45) is 1.61. The fraction of sp³-hybridized carbons (Fsp3) is 0.333. The van der Waals surface area contributed by atoms with Gasteiger partial charge in [-0.15, -0.1) is 0 Å². The van der Waals surface area contributed by atoms with Gasteiger partial charge in [0, 0.05) is 24.7 Å². The number of thiazole rings is 1. The van der Waals surface area contributed by atoms with E-state index in [4.69, 9.17) is 10.5 Å². The van der Waals surface area contributed by atoms with Crippen LogP contribution in [0.3, 0.4) is 0 Å². The number of hydrogen-bond acceptors (Lipinski definition) is 8. The quantitative estimate of drug-likeness (QED) is 0.440. The van der Waals surface area contributed by atoms with Crippen molar-refractivity contribution in [2.24, 2.45) is 0 Å². The van der Waals surface area contributed by atoms with E-state index in [0.717, 1.165) is 28.4 Å². The highest BCUT2D eigenvalue weighted by Gasteiger charge is 2.18. The van der Waals surface area contributed by atoms with E-state index in [2.05, 4.69) is 34.1 Å². The van der Waals surface area contributed by atoms with E-state index in [-0.39, 0.29) is 12.5 Å². The number of amides is 1. The first kappa shape index (κ1) is 22.4. The molecule has 4 N–H and O–H groups in total. The summed E-state index contributed by atoms with van der Waals surface area (Å²) in [6.45, 7) is 4.79. The van der Waals surface area contributed by atoms with Crippen LogP contribution < -0.4 is 16.0 Å². The number of hydrogen-bond donors (Lipinski definition) is 3. The number of nitrogens with one attached hydrogen (secondary N) is 1. The summed E-state index contributed by atoms with van der Waals surface area (Å²) in [7, 11) is 1.54. The van der Waals surface area contributed by atoms with Crippen LogP contribution in [-0.2, 0) is 4.74 Å². The molecule has 0 aliphatic carbocycles. The number of carbonyl (C=O) groups is 1. The summed E-state index contributed by atoms with van der Waals surface area (Å²) in [5, 5.41) is 13.1. The van der Waals surface area contributed by atoms with Crippen molar-refractivity contribution in [1.29, 1.82) is 0 Å². The highest BCUT2D eigenvalue weighted by molar-refractivity contribution is 7.18. The second-order valence-corrected chi connectivity index (χ2v) is 7.97. The highest BCUT2D eigenvalue weighted by Crippen LogP contribution is 2.36. The Labute approximate surface area is 184 Å². The minimum atomic E-state index is -1.03. The van der Waals surface area contributed by atoms with Gasteiger partial charge in [-0.1, -0.05) is 25.2 Å². The van der Waals surface area contributed by atoms with Gasteiger partial charge in [0.1, 0.15) is 0 Å². The van der Waals surface area contributed by atoms with Crippen LogP contribution in [0.5, 0.6) is 0 Å². The first-order valence-corrected chi connectivity index (χ1v) is 10.7. The number of methoxy groups -OCH3 is 1. The molecule has 1 unspecified atom stereocenters. The van der Waals surface area contributed by atoms with Crippen LogP contribution in [0.2, 0.25) is 0 Å². The number of nitrogens with zero attached hydrogens (tertiary/aromatic N) is 4. The second kappa shape index (κ2) is 10.2. The van der Waals surface area contributed by atoms with Crippen LogP contribution in [0.15, 0.2) is 36.5 Å². The van der Waals surface area contributed by atoms with E-state index in [1.165, 1.54) is 23.3 Å². The SMILES string of the molecule is CCC(C)c1nc(N)sc1-c1ccnc(Nc2ccc(N(CCOC)C(=O)O)cc2)n1. The third-order valence-electron chi connectivity index (χ3n) is 4.82. The van der Waals surface area contributed by atoms with Crippen molar-refractivity contribution < 1.29 is 14.6 Å². The zero-order chi connectivity index (χ0) is 22.4. The third kappa shape index (κ3) is 5.47. The predicted octanol–water partition coefficient (Wildman–Crippen LogP) is 4.57. The summed E-state index contributed by atoms with van der Waals surface area (Å²) >= 11 is 1.42. The molecule has 0 bridgehead atoms. The van der Waals surface area contributed by atoms with Crippen LogP contribution in [0.25, 0.3) is 10.6 Å². The van der Waals surface area contributed by atoms with Crippen LogP contribution >= 0.6 is 11.3 Å². The Balaban J connectivity index is 1.80. The molecule has 0 fully saturated rings. The van der Waals surface area contributed by atoms with E-state index in [1.54, 1.807) is 30.5 Å². The average Bonchev–Trinajstić information content (AvgIpc) is 3.16. The van der Waals surface area contributed by atoms with E-state index < -0.39 is 6.09 Å². The summed E-state index contributed by atoms with van der Waals surface area (Å²) < 4.78 is 4.98. The average molecular weight is 443 g/mol. The van der Waals surface area contributed by atoms with Gasteiger partial charge in [0.2, 0.25) is 5.95 Å². The summed E-state index contributed by atoms with van der Waals surface area (Å²) in [5.41, 5.74) is 8.96. The number of nitrogen functional groups attached to an aromatic ring is 1. The Hall–Kier alpha value is -3.24. The molecule has 1 amide bonds. The van der Waals surface area contributed by atoms with Gasteiger partial charge in [0.05, 0.1) is 29.4 Å². The van der Waals surface area contributed by atoms with Crippen molar-refractivity contribution in [3.8, 4) is 10.6 Å². The lowest BCUT2D eigenvalue weighted by molar-refractivity contribution is 0.186. The number of nitrogens with two attached hydrogens (primary N) is 1. The summed E-state index contributed by atoms with van der Waals surface area (Å²) in [4.78, 5) is 27.1. The first-order chi connectivity index (χ1) is 14.9. The first-order valence-electron chi connectivity index (χ1n) is 9.89. The smallest absolute Gasteiger partial charge is 0.411 e. The molecule has 9 nitrogen and oxygen atoms in total. The molecule has 164 valence electrons. The third-order valence-corrected chi connectivity index (χ3v) is 5.75. The largest absolute Gasteiger partial charge is 0.465 e. The molecule has 0 radical (unpaired) electrons. The molecular weight excluding hydrogens is 416 g/mol. The molecule has 31 heavy (non-hydrogen) atoms. The number of ether oxygens (including phenoxy) is 1. The summed E-state index contributed by atoms with van der Waals surface area (Å²) in [5.74, 6) is 0.708. The number of carboxylic acid groups (broad SMARTS) is 1. The molecule has 0 spiro atoms. The monoisotopic (exact) mass is 442 g/mol. The minimum absolute atomic E-state index is 0.250. The molecule has 1 atom stereocenters. The standard InChI is InChI=1S/C21H26N6O3S/c1-4-13(2)17-18(31-19(22)26-17)16-9-10-23-20(25-16)24-14-5-7-15(8-6-14)27(21(28)29)11-12-30-3/h5-10,13H,4,11-12H2,1-3H3,(H2,22,26)(H,28,29)(H,23,24,25). The van der Waals surface area contributed by atoms with E-state index in [0.29, 0.717) is 23.4 Å². The van der Waals surface area contributed by atoms with Crippen molar-refractivity contribution in [2.75, 3.05) is 36.2 Å². The van der Waals surface area contributed by atoms with E-state index in [1.807, 2.05) is 6.07 Å². The Kier molecular flexibility index (Phi) is 7.37. The number of aromatic nitrogens is 3. The fourth-order valence-corrected chi connectivity index (χ4v) is 3.90. The van der Waals surface area contributed by atoms with E-state index >= 15 is 0 Å². The van der Waals surface area contributed by atoms with Crippen molar-refractivity contribution in [1.82, 2.24) is 15.0 Å². The molecule has 0 saturated heterocycles. The molecule has 0 aliphatic heterocycles. The van der Waals surface area contributed by atoms with Crippen LogP contribution in [0.4, 0.5) is 27.2 Å². The van der Waals surface area contributed by atoms with Gasteiger partial charge < -0.3 is 20.9 Å². The molecule has 0 saturated carbocycles. The lowest BCUT2D eigenvalue weighted by atomic mass is 10.0. The maximum absolute atomic E-state index is 11.5. The summed E-state index contributed by atoms with van der Waals surface area (Å²) in [6, 6.07) is 8.85. The van der Waals surface area contributed by atoms with Gasteiger partial charge in [-0.25, -0.2) is 19.7 Å². The van der Waals surface area contributed by atoms with Crippen molar-refractivity contribution in [3.05, 3.63) is 42.2 Å². The highest BCUT2D eigenvalue weighted by atomic mass is 32.1. The Morgan fingerprint density at radius 1 is 1.29 bits per heavy atom. The maximum atomic E-state index is 11.5. The van der Waals surface area contributed by atoms with Crippen LogP contribution in [0.1, 0.15) is 31.9 Å². The van der Waals surface area contributed by atoms with Gasteiger partial charge in [0.15, 0.2) is 5.13 Å². The van der Waals surface area contributed by atoms with Crippen LogP contribution in [-0.4, -0.2) is 46.4 Å². The minimum Gasteiger partial charge on any atom is -0.465 e. The predicted molar refractivity (Wildman–Crippen MR) is 123 cm³/mol. The molecule has 0 aliphatic rings. The lowest BCUT2D eigenvalue weighted by Gasteiger charge is -2.19. The Bertz CT molecular complexity index is 1020. The number of benzene rings is 1. The Morgan fingerprint density at radius 2 is 2.03 bits per heavy atom. The molecule has 3 aromatic rings. The number of anilines is 4. The topological polar surface area (TPSA) is 126 Å². The molecular formula is C21H26N6O3S. The molecule has 10 heteroatoms. The van der Waals surface area contributed by atoms with E-state index in [9.17, 15) is 9.90 Å². The van der Waals surface area contributed by atoms with Crippen molar-refractivity contribution >= 4 is 39.9 Å². The van der Waals surface area contributed by atoms with Gasteiger partial charge in [-0.05, 0) is 42.7 Å². The van der Waals surface area contributed by atoms with Crippen molar-refractivity contribution in [3.63, 3.8) is 0 Å². The van der Waals surface area contributed by atoms with Gasteiger partial charge in [-0.3, -0.25) is 4.90 Å². The van der Waals surface area contributed by atoms with Gasteiger partial charge >= 0.3 is 6.09 Å². The Morgan fingerprint density at radius 3 is 2.68 bits per heavy atom. The van der Waals surface area contributed by atoms with Crippen molar-refractivity contribution in [2.45, 2.75) is 26.2 Å². The molecule has 2 heterocycles. The lowest BCUT2D eigenvalue weighted by Crippen LogP contribution is -2.32. The van der Waals surface area contributed by atoms with Crippen LogP contribution in [0, 0.1) is 0 Å². The zero-order valence-electron chi connectivity index (χ0n) is 17.7. The van der Waals surface area contributed by atoms with Gasteiger partial charge in [0.25, 0.3) is 0 Å². The fourth-order valence-electron chi connectivity index (χ4n) is 2.98. The van der Waals surface area contributed by atoms with Gasteiger partial charge in [-0.2, -0.15) is 0 Å². The zero-order valence-corrected chi connectivity index (χ0v) is 18.5. The molecule has 1 aromatic carbocycles. The molecule has 2 aromatic heterocycles. The maximum Gasteiger partial charge on any atom is 0.411 e. The second-order valence-electron chi connectivity index (χ2n) is 6.94. The number of rotatable bonds is 9. The molecule has 3 rings (SSSR count).